The monoisotopic (exact) mass is 718 g/mol. The van der Waals surface area contributed by atoms with Crippen molar-refractivity contribution < 1.29 is 4.74 Å². The second kappa shape index (κ2) is 11.6. The SMILES string of the molecule is c1ccc2c(c1)Oc1ccccc1C21c2ccccc2-c2ccc(-c3ccc(-c4nc(-c5ccc6ccccc6c5)nc5c4sc4ccccc45)cc3)cc21. The fraction of sp³-hybridized carbons (Fsp3) is 0.0196. The van der Waals surface area contributed by atoms with Crippen LogP contribution >= 0.6 is 11.3 Å². The van der Waals surface area contributed by atoms with E-state index in [2.05, 4.69) is 182 Å². The molecule has 55 heavy (non-hydrogen) atoms. The number of para-hydroxylation sites is 2. The molecule has 10 aromatic rings. The van der Waals surface area contributed by atoms with Gasteiger partial charge in [0, 0.05) is 32.3 Å². The van der Waals surface area contributed by atoms with E-state index in [1.54, 1.807) is 11.3 Å². The van der Waals surface area contributed by atoms with E-state index in [0.717, 1.165) is 55.3 Å². The van der Waals surface area contributed by atoms with Crippen molar-refractivity contribution >= 4 is 42.4 Å². The molecule has 0 atom stereocenters. The number of nitrogens with zero attached hydrogens (tertiary/aromatic N) is 2. The maximum Gasteiger partial charge on any atom is 0.160 e. The third-order valence-corrected chi connectivity index (χ3v) is 12.7. The van der Waals surface area contributed by atoms with Crippen molar-refractivity contribution in [1.29, 1.82) is 0 Å². The number of rotatable bonds is 3. The van der Waals surface area contributed by atoms with Crippen LogP contribution < -0.4 is 4.74 Å². The first kappa shape index (κ1) is 30.6. The van der Waals surface area contributed by atoms with Crippen LogP contribution in [0.3, 0.4) is 0 Å². The average Bonchev–Trinajstić information content (AvgIpc) is 3.77. The topological polar surface area (TPSA) is 35.0 Å². The number of fused-ring (bicyclic) bond motifs is 13. The number of thiophene rings is 1. The van der Waals surface area contributed by atoms with E-state index in [9.17, 15) is 0 Å². The highest BCUT2D eigenvalue weighted by atomic mass is 32.1. The maximum atomic E-state index is 6.56. The van der Waals surface area contributed by atoms with Gasteiger partial charge in [0.2, 0.25) is 0 Å². The molecule has 0 unspecified atom stereocenters. The molecule has 0 radical (unpaired) electrons. The van der Waals surface area contributed by atoms with Gasteiger partial charge in [-0.25, -0.2) is 9.97 Å². The molecule has 0 bridgehead atoms. The van der Waals surface area contributed by atoms with E-state index in [-0.39, 0.29) is 0 Å². The Morgan fingerprint density at radius 2 is 1.05 bits per heavy atom. The molecule has 1 aliphatic heterocycles. The molecule has 0 saturated heterocycles. The first-order chi connectivity index (χ1) is 27.2. The summed E-state index contributed by atoms with van der Waals surface area (Å²) in [4.78, 5) is 10.5. The predicted octanol–water partition coefficient (Wildman–Crippen LogP) is 13.5. The zero-order valence-corrected chi connectivity index (χ0v) is 30.3. The van der Waals surface area contributed by atoms with E-state index < -0.39 is 5.41 Å². The maximum absolute atomic E-state index is 6.56. The Morgan fingerprint density at radius 1 is 0.436 bits per heavy atom. The molecule has 0 fully saturated rings. The van der Waals surface area contributed by atoms with E-state index >= 15 is 0 Å². The van der Waals surface area contributed by atoms with E-state index in [1.165, 1.54) is 54.4 Å². The van der Waals surface area contributed by atoms with Crippen molar-refractivity contribution in [2.24, 2.45) is 0 Å². The lowest BCUT2D eigenvalue weighted by atomic mass is 9.66. The summed E-state index contributed by atoms with van der Waals surface area (Å²) in [7, 11) is 0. The van der Waals surface area contributed by atoms with Crippen molar-refractivity contribution in [1.82, 2.24) is 9.97 Å². The van der Waals surface area contributed by atoms with Crippen LogP contribution in [0, 0.1) is 0 Å². The summed E-state index contributed by atoms with van der Waals surface area (Å²) in [5, 5.41) is 3.54. The van der Waals surface area contributed by atoms with E-state index in [1.807, 2.05) is 0 Å². The molecule has 0 saturated carbocycles. The Bertz CT molecular complexity index is 3150. The van der Waals surface area contributed by atoms with Crippen LogP contribution in [0.1, 0.15) is 22.3 Å². The van der Waals surface area contributed by atoms with Gasteiger partial charge in [0.15, 0.2) is 5.82 Å². The Balaban J connectivity index is 1.02. The minimum atomic E-state index is -0.500. The lowest BCUT2D eigenvalue weighted by molar-refractivity contribution is 0.436. The van der Waals surface area contributed by atoms with Gasteiger partial charge in [0.1, 0.15) is 11.5 Å². The molecule has 4 heteroatoms. The van der Waals surface area contributed by atoms with E-state index in [0.29, 0.717) is 0 Å². The van der Waals surface area contributed by atoms with Gasteiger partial charge in [-0.05, 0) is 74.5 Å². The van der Waals surface area contributed by atoms with Gasteiger partial charge in [-0.3, -0.25) is 0 Å². The largest absolute Gasteiger partial charge is 0.457 e. The summed E-state index contributed by atoms with van der Waals surface area (Å²) in [6.45, 7) is 0. The molecule has 1 spiro atoms. The van der Waals surface area contributed by atoms with Gasteiger partial charge < -0.3 is 4.74 Å². The normalized spacial score (nSPS) is 13.4. The highest BCUT2D eigenvalue weighted by Gasteiger charge is 2.51. The summed E-state index contributed by atoms with van der Waals surface area (Å²) in [5.41, 5.74) is 13.3. The molecule has 8 aromatic carbocycles. The molecule has 2 aliphatic rings. The molecular weight excluding hydrogens is 689 g/mol. The van der Waals surface area contributed by atoms with Gasteiger partial charge in [-0.1, -0.05) is 152 Å². The van der Waals surface area contributed by atoms with Crippen LogP contribution in [0.2, 0.25) is 0 Å². The summed E-state index contributed by atoms with van der Waals surface area (Å²) in [5.74, 6) is 2.54. The van der Waals surface area contributed by atoms with Crippen LogP contribution in [-0.4, -0.2) is 9.97 Å². The highest BCUT2D eigenvalue weighted by Crippen LogP contribution is 2.62. The van der Waals surface area contributed by atoms with Gasteiger partial charge in [-0.15, -0.1) is 11.3 Å². The summed E-state index contributed by atoms with van der Waals surface area (Å²) in [6.07, 6.45) is 0. The number of hydrogen-bond acceptors (Lipinski definition) is 4. The van der Waals surface area contributed by atoms with Gasteiger partial charge in [0.05, 0.1) is 21.3 Å². The van der Waals surface area contributed by atoms with Crippen molar-refractivity contribution in [3.05, 3.63) is 204 Å². The predicted molar refractivity (Wildman–Crippen MR) is 226 cm³/mol. The van der Waals surface area contributed by atoms with Gasteiger partial charge in [0.25, 0.3) is 0 Å². The van der Waals surface area contributed by atoms with Crippen molar-refractivity contribution in [3.63, 3.8) is 0 Å². The number of benzene rings is 8. The molecule has 1 aliphatic carbocycles. The van der Waals surface area contributed by atoms with Gasteiger partial charge >= 0.3 is 0 Å². The lowest BCUT2D eigenvalue weighted by Gasteiger charge is -2.39. The van der Waals surface area contributed by atoms with Crippen molar-refractivity contribution in [2.75, 3.05) is 0 Å². The number of aromatic nitrogens is 2. The first-order valence-electron chi connectivity index (χ1n) is 18.6. The molecule has 0 N–H and O–H groups in total. The lowest BCUT2D eigenvalue weighted by Crippen LogP contribution is -2.32. The molecule has 0 amide bonds. The second-order valence-corrected chi connectivity index (χ2v) is 15.5. The molecular formula is C51H30N2OS. The van der Waals surface area contributed by atoms with Crippen LogP contribution in [0.5, 0.6) is 11.5 Å². The third kappa shape index (κ3) is 4.37. The molecule has 3 heterocycles. The summed E-state index contributed by atoms with van der Waals surface area (Å²) >= 11 is 1.76. The minimum absolute atomic E-state index is 0.500. The van der Waals surface area contributed by atoms with E-state index in [4.69, 9.17) is 14.7 Å². The molecule has 2 aromatic heterocycles. The Kier molecular flexibility index (Phi) is 6.42. The molecule has 3 nitrogen and oxygen atoms in total. The second-order valence-electron chi connectivity index (χ2n) is 14.5. The van der Waals surface area contributed by atoms with Crippen molar-refractivity contribution in [2.45, 2.75) is 5.41 Å². The highest BCUT2D eigenvalue weighted by molar-refractivity contribution is 7.26. The van der Waals surface area contributed by atoms with Crippen LogP contribution in [0.15, 0.2) is 182 Å². The Morgan fingerprint density at radius 3 is 1.87 bits per heavy atom. The Labute approximate surface area is 321 Å². The Hall–Kier alpha value is -6.88. The summed E-state index contributed by atoms with van der Waals surface area (Å²) in [6, 6.07) is 65.4. The van der Waals surface area contributed by atoms with Crippen molar-refractivity contribution in [3.8, 4) is 56.4 Å². The zero-order valence-electron chi connectivity index (χ0n) is 29.5. The van der Waals surface area contributed by atoms with Crippen LogP contribution in [0.25, 0.3) is 76.0 Å². The first-order valence-corrected chi connectivity index (χ1v) is 19.5. The fourth-order valence-electron chi connectivity index (χ4n) is 9.10. The standard InChI is InChI=1S/C51H30N2OS/c1-2-12-34-29-36(26-23-31(34)11-1)50-52-47(49-48(53-50)39-14-4-10-20-46(39)55-49)33-24-21-32(22-25-33)35-27-28-38-37-13-3-5-15-40(37)51(43(38)30-35)41-16-6-8-18-44(41)54-45-19-9-7-17-42(45)51/h1-30H. The third-order valence-electron chi connectivity index (χ3n) is 11.6. The summed E-state index contributed by atoms with van der Waals surface area (Å²) < 4.78 is 8.88. The quantitative estimate of drug-likeness (QED) is 0.182. The number of ether oxygens (including phenoxy) is 1. The minimum Gasteiger partial charge on any atom is -0.457 e. The molecule has 12 rings (SSSR count). The average molecular weight is 719 g/mol. The molecule has 256 valence electrons. The van der Waals surface area contributed by atoms with Crippen LogP contribution in [-0.2, 0) is 5.41 Å². The van der Waals surface area contributed by atoms with Gasteiger partial charge in [-0.2, -0.15) is 0 Å². The number of hydrogen-bond donors (Lipinski definition) is 0. The zero-order chi connectivity index (χ0) is 36.1. The fourth-order valence-corrected chi connectivity index (χ4v) is 10.3. The smallest absolute Gasteiger partial charge is 0.160 e. The van der Waals surface area contributed by atoms with Crippen LogP contribution in [0.4, 0.5) is 0 Å².